The Morgan fingerprint density at radius 2 is 1.78 bits per heavy atom. The van der Waals surface area contributed by atoms with E-state index in [1.54, 1.807) is 0 Å². The number of alkyl halides is 3. The highest BCUT2D eigenvalue weighted by atomic mass is 19.4. The molecule has 0 saturated carbocycles. The van der Waals surface area contributed by atoms with Crippen molar-refractivity contribution in [3.05, 3.63) is 0 Å². The first-order chi connectivity index (χ1) is 12.7. The van der Waals surface area contributed by atoms with Gasteiger partial charge in [-0.1, -0.05) is 46.0 Å². The Morgan fingerprint density at radius 1 is 1.11 bits per heavy atom. The number of hydrogen-bond acceptors (Lipinski definition) is 3. The second-order valence-corrected chi connectivity index (χ2v) is 6.68. The number of alkyl carbamates (subject to hydrolysis) is 1. The van der Waals surface area contributed by atoms with Crippen LogP contribution in [0.1, 0.15) is 65.2 Å². The second kappa shape index (κ2) is 14.4. The predicted molar refractivity (Wildman–Crippen MR) is 96.8 cm³/mol. The third-order valence-corrected chi connectivity index (χ3v) is 4.26. The molecule has 0 aromatic heterocycles. The Balaban J connectivity index is 3.75. The van der Waals surface area contributed by atoms with Gasteiger partial charge in [-0.3, -0.25) is 4.90 Å². The lowest BCUT2D eigenvalue weighted by atomic mass is 10.0. The van der Waals surface area contributed by atoms with E-state index < -0.39 is 24.9 Å². The van der Waals surface area contributed by atoms with E-state index in [4.69, 9.17) is 9.84 Å². The van der Waals surface area contributed by atoms with Crippen LogP contribution in [0.3, 0.4) is 0 Å². The van der Waals surface area contributed by atoms with Crippen molar-refractivity contribution in [2.75, 3.05) is 26.2 Å². The van der Waals surface area contributed by atoms with Crippen LogP contribution in [0, 0.1) is 5.92 Å². The summed E-state index contributed by atoms with van der Waals surface area (Å²) in [7, 11) is 0. The molecule has 0 aliphatic rings. The van der Waals surface area contributed by atoms with Gasteiger partial charge < -0.3 is 15.2 Å². The average Bonchev–Trinajstić information content (AvgIpc) is 2.58. The van der Waals surface area contributed by atoms with Crippen LogP contribution < -0.4 is 5.32 Å². The van der Waals surface area contributed by atoms with Crippen molar-refractivity contribution in [1.82, 2.24) is 10.2 Å². The van der Waals surface area contributed by atoms with Crippen molar-refractivity contribution in [3.63, 3.8) is 0 Å². The normalized spacial score (nSPS) is 12.5. The van der Waals surface area contributed by atoms with Gasteiger partial charge in [0.15, 0.2) is 0 Å². The third kappa shape index (κ3) is 15.1. The summed E-state index contributed by atoms with van der Waals surface area (Å²) in [4.78, 5) is 22.8. The minimum absolute atomic E-state index is 0.152. The van der Waals surface area contributed by atoms with Gasteiger partial charge in [0, 0.05) is 13.1 Å². The average molecular weight is 398 g/mol. The van der Waals surface area contributed by atoms with Gasteiger partial charge in [0.1, 0.15) is 6.54 Å². The fourth-order valence-electron chi connectivity index (χ4n) is 2.57. The van der Waals surface area contributed by atoms with Gasteiger partial charge in [0.2, 0.25) is 0 Å². The van der Waals surface area contributed by atoms with Gasteiger partial charge in [0.05, 0.1) is 6.61 Å². The van der Waals surface area contributed by atoms with E-state index in [2.05, 4.69) is 19.2 Å². The summed E-state index contributed by atoms with van der Waals surface area (Å²) in [5, 5.41) is 11.4. The maximum atomic E-state index is 12.3. The summed E-state index contributed by atoms with van der Waals surface area (Å²) in [6.45, 7) is 3.42. The van der Waals surface area contributed by atoms with Crippen molar-refractivity contribution in [2.24, 2.45) is 5.92 Å². The summed E-state index contributed by atoms with van der Waals surface area (Å²) in [5.74, 6) is 0.379. The number of carbonyl (C=O) groups is 2. The molecule has 1 atom stereocenters. The van der Waals surface area contributed by atoms with Crippen LogP contribution in [0.5, 0.6) is 0 Å². The zero-order valence-corrected chi connectivity index (χ0v) is 16.3. The van der Waals surface area contributed by atoms with Gasteiger partial charge >= 0.3 is 18.4 Å². The number of halogens is 3. The Morgan fingerprint density at radius 3 is 2.33 bits per heavy atom. The molecule has 0 bridgehead atoms. The zero-order chi connectivity index (χ0) is 20.7. The maximum absolute atomic E-state index is 12.3. The number of hydrogen-bond donors (Lipinski definition) is 2. The number of carbonyl (C=O) groups excluding carboxylic acids is 1. The van der Waals surface area contributed by atoms with Crippen LogP contribution in [-0.2, 0) is 4.74 Å². The fraction of sp³-hybridized carbons (Fsp3) is 0.889. The van der Waals surface area contributed by atoms with E-state index in [0.29, 0.717) is 49.7 Å². The molecule has 160 valence electrons. The van der Waals surface area contributed by atoms with Crippen molar-refractivity contribution >= 4 is 12.2 Å². The Kier molecular flexibility index (Phi) is 13.5. The quantitative estimate of drug-likeness (QED) is 0.402. The van der Waals surface area contributed by atoms with Gasteiger partial charge in [-0.2, -0.15) is 13.2 Å². The number of nitrogens with one attached hydrogen (secondary N) is 1. The molecule has 0 aliphatic carbocycles. The number of ether oxygens (including phenoxy) is 1. The summed E-state index contributed by atoms with van der Waals surface area (Å²) in [6, 6.07) is 0. The summed E-state index contributed by atoms with van der Waals surface area (Å²) >= 11 is 0. The number of nitrogens with zero attached hydrogens (tertiary/aromatic N) is 1. The van der Waals surface area contributed by atoms with Crippen LogP contribution in [-0.4, -0.2) is 54.6 Å². The van der Waals surface area contributed by atoms with E-state index in [-0.39, 0.29) is 6.54 Å². The minimum atomic E-state index is -4.53. The van der Waals surface area contributed by atoms with E-state index in [1.165, 1.54) is 0 Å². The molecule has 0 heterocycles. The highest BCUT2D eigenvalue weighted by Crippen LogP contribution is 2.17. The van der Waals surface area contributed by atoms with Crippen LogP contribution in [0.15, 0.2) is 0 Å². The van der Waals surface area contributed by atoms with Crippen LogP contribution >= 0.6 is 0 Å². The van der Waals surface area contributed by atoms with Crippen LogP contribution in [0.25, 0.3) is 0 Å². The molecule has 0 fully saturated rings. The van der Waals surface area contributed by atoms with Gasteiger partial charge in [-0.25, -0.2) is 9.59 Å². The highest BCUT2D eigenvalue weighted by Gasteiger charge is 2.32. The first kappa shape index (κ1) is 25.3. The van der Waals surface area contributed by atoms with E-state index in [1.807, 2.05) is 0 Å². The van der Waals surface area contributed by atoms with Crippen molar-refractivity contribution in [1.29, 1.82) is 0 Å². The smallest absolute Gasteiger partial charge is 0.407 e. The molecule has 0 aromatic rings. The molecule has 0 rings (SSSR count). The van der Waals surface area contributed by atoms with Crippen molar-refractivity contribution in [3.8, 4) is 0 Å². The first-order valence-electron chi connectivity index (χ1n) is 9.64. The molecule has 0 aromatic carbocycles. The Labute approximate surface area is 159 Å². The summed E-state index contributed by atoms with van der Waals surface area (Å²) in [5.41, 5.74) is 0. The fourth-order valence-corrected chi connectivity index (χ4v) is 2.57. The number of amides is 2. The van der Waals surface area contributed by atoms with Gasteiger partial charge in [-0.15, -0.1) is 0 Å². The van der Waals surface area contributed by atoms with Crippen molar-refractivity contribution < 1.29 is 32.6 Å². The largest absolute Gasteiger partial charge is 0.465 e. The lowest BCUT2D eigenvalue weighted by Crippen LogP contribution is -2.38. The molecule has 0 spiro atoms. The van der Waals surface area contributed by atoms with Crippen LogP contribution in [0.4, 0.5) is 22.8 Å². The molecule has 9 heteroatoms. The van der Waals surface area contributed by atoms with E-state index in [0.717, 1.165) is 25.7 Å². The molecular weight excluding hydrogens is 365 g/mol. The minimum Gasteiger partial charge on any atom is -0.465 e. The number of carboxylic acid groups (broad SMARTS) is 1. The summed E-state index contributed by atoms with van der Waals surface area (Å²) in [6.07, 6.45) is -0.0203. The number of rotatable bonds is 14. The third-order valence-electron chi connectivity index (χ3n) is 4.26. The van der Waals surface area contributed by atoms with E-state index in [9.17, 15) is 22.8 Å². The topological polar surface area (TPSA) is 78.9 Å². The zero-order valence-electron chi connectivity index (χ0n) is 16.3. The predicted octanol–water partition coefficient (Wildman–Crippen LogP) is 5.03. The Bertz CT molecular complexity index is 420. The Hall–Kier alpha value is -1.67. The van der Waals surface area contributed by atoms with Crippen molar-refractivity contribution in [2.45, 2.75) is 71.4 Å². The first-order valence-corrected chi connectivity index (χ1v) is 9.64. The molecule has 2 amide bonds. The monoisotopic (exact) mass is 398 g/mol. The molecule has 27 heavy (non-hydrogen) atoms. The van der Waals surface area contributed by atoms with Gasteiger partial charge in [0.25, 0.3) is 0 Å². The second-order valence-electron chi connectivity index (χ2n) is 6.68. The van der Waals surface area contributed by atoms with Crippen LogP contribution in [0.2, 0.25) is 0 Å². The molecule has 6 nitrogen and oxygen atoms in total. The molecule has 2 N–H and O–H groups in total. The lowest BCUT2D eigenvalue weighted by Gasteiger charge is -2.20. The molecule has 0 saturated heterocycles. The lowest BCUT2D eigenvalue weighted by molar-refractivity contribution is -0.142. The molecule has 0 aliphatic heterocycles. The summed E-state index contributed by atoms with van der Waals surface area (Å²) < 4.78 is 42.0. The standard InChI is InChI=1S/C18H33F3N2O4/c1-3-5-10-15(4-2)13-27-16(24)22-11-8-6-7-9-12-23(17(25)26)14-18(19,20)21/h15H,3-14H2,1-2H3,(H,22,24)(H,25,26). The molecular formula is C18H33F3N2O4. The van der Waals surface area contributed by atoms with Gasteiger partial charge in [-0.05, 0) is 25.2 Å². The highest BCUT2D eigenvalue weighted by molar-refractivity contribution is 5.67. The maximum Gasteiger partial charge on any atom is 0.407 e. The van der Waals surface area contributed by atoms with E-state index >= 15 is 0 Å². The molecule has 1 unspecified atom stereocenters. The number of unbranched alkanes of at least 4 members (excludes halogenated alkanes) is 4. The molecule has 0 radical (unpaired) electrons. The SMILES string of the molecule is CCCCC(CC)COC(=O)NCCCCCCN(CC(F)(F)F)C(=O)O.